The monoisotopic (exact) mass is 740 g/mol. The number of hydrogen-bond acceptors (Lipinski definition) is 10. The lowest BCUT2D eigenvalue weighted by Crippen LogP contribution is -2.49. The smallest absolute Gasteiger partial charge is 0.418 e. The number of amidine groups is 1. The van der Waals surface area contributed by atoms with Crippen molar-refractivity contribution in [1.29, 1.82) is 5.26 Å². The summed E-state index contributed by atoms with van der Waals surface area (Å²) in [4.78, 5) is 44.8. The number of nitriles is 1. The number of aromatic nitrogens is 2. The van der Waals surface area contributed by atoms with Gasteiger partial charge in [-0.1, -0.05) is 31.4 Å². The average Bonchev–Trinajstić information content (AvgIpc) is 3.67. The zero-order valence-electron chi connectivity index (χ0n) is 30.5. The number of fused-ring (bicyclic) bond motifs is 1. The molecule has 5 rings (SSSR count). The third kappa shape index (κ3) is 8.61. The lowest BCUT2D eigenvalue weighted by atomic mass is 9.85. The predicted octanol–water partition coefficient (Wildman–Crippen LogP) is 7.02. The summed E-state index contributed by atoms with van der Waals surface area (Å²) in [7, 11) is 0.0104. The standard InChI is InChI=1S/C36H46F2N6O5SSi/c1-34(2,3)49-33(46)44(22-48-13-14-51(6,7)8)32-42-35(4,29-17-36(29,50-32)31(45)43-12-11-25(37)21-43)26-15-24(20-41-30(26)47-5)16-27(38)28-10-9-23(18-39)19-40-28/h9-10,15-16,19-20,25,29H,11-14,17,21-22H2,1-8H3/b27-16-/t25-,29+,35-,36+/m1/s1. The van der Waals surface area contributed by atoms with E-state index in [0.29, 0.717) is 36.3 Å². The van der Waals surface area contributed by atoms with Gasteiger partial charge >= 0.3 is 6.09 Å². The topological polar surface area (TPSA) is 130 Å². The Balaban J connectivity index is 1.60. The SMILES string of the molecule is COc1ncc(/C=C(\F)c2ccc(C#N)cn2)cc1[C@@]1(C)N=C(N(COCC[Si](C)(C)C)C(=O)OC(C)(C)C)S[C@@]2(C(=O)N3CC[C@@H](F)C3)C[C@H]21. The first-order chi connectivity index (χ1) is 23.9. The molecule has 0 unspecified atom stereocenters. The van der Waals surface area contributed by atoms with Crippen LogP contribution in [0.1, 0.15) is 62.9 Å². The normalized spacial score (nSPS) is 24.7. The van der Waals surface area contributed by atoms with Gasteiger partial charge in [0, 0.05) is 45.1 Å². The van der Waals surface area contributed by atoms with Crippen LogP contribution in [0.2, 0.25) is 25.7 Å². The van der Waals surface area contributed by atoms with Crippen LogP contribution in [-0.4, -0.2) is 95.1 Å². The molecule has 0 bridgehead atoms. The number of ether oxygens (including phenoxy) is 3. The highest BCUT2D eigenvalue weighted by molar-refractivity contribution is 8.16. The number of nitrogens with zero attached hydrogens (tertiary/aromatic N) is 6. The number of amides is 2. The van der Waals surface area contributed by atoms with Gasteiger partial charge in [-0.3, -0.25) is 14.8 Å². The second-order valence-electron chi connectivity index (χ2n) is 15.5. The molecule has 2 aliphatic heterocycles. The van der Waals surface area contributed by atoms with Crippen molar-refractivity contribution in [2.24, 2.45) is 10.9 Å². The van der Waals surface area contributed by atoms with Gasteiger partial charge in [0.05, 0.1) is 30.5 Å². The fourth-order valence-corrected chi connectivity index (χ4v) is 8.61. The van der Waals surface area contributed by atoms with Gasteiger partial charge in [0.25, 0.3) is 0 Å². The van der Waals surface area contributed by atoms with E-state index in [2.05, 4.69) is 29.6 Å². The fourth-order valence-electron chi connectivity index (χ4n) is 6.22. The maximum absolute atomic E-state index is 15.5. The second-order valence-corrected chi connectivity index (χ2v) is 22.5. The maximum Gasteiger partial charge on any atom is 0.418 e. The fraction of sp³-hybridized carbons (Fsp3) is 0.556. The quantitative estimate of drug-likeness (QED) is 0.143. The molecule has 0 aromatic carbocycles. The van der Waals surface area contributed by atoms with Gasteiger partial charge in [-0.15, -0.1) is 0 Å². The van der Waals surface area contributed by atoms with Crippen LogP contribution in [-0.2, 0) is 19.8 Å². The molecule has 51 heavy (non-hydrogen) atoms. The number of carbonyl (C=O) groups excluding carboxylic acids is 2. The van der Waals surface area contributed by atoms with E-state index in [1.54, 1.807) is 31.7 Å². The number of rotatable bonds is 10. The first-order valence-corrected chi connectivity index (χ1v) is 21.5. The van der Waals surface area contributed by atoms with Gasteiger partial charge < -0.3 is 19.1 Å². The van der Waals surface area contributed by atoms with Crippen molar-refractivity contribution in [3.63, 3.8) is 0 Å². The predicted molar refractivity (Wildman–Crippen MR) is 195 cm³/mol. The minimum atomic E-state index is -1.45. The number of hydrogen-bond donors (Lipinski definition) is 0. The molecule has 0 N–H and O–H groups in total. The summed E-state index contributed by atoms with van der Waals surface area (Å²) < 4.78 is 46.4. The molecule has 274 valence electrons. The van der Waals surface area contributed by atoms with E-state index in [1.165, 1.54) is 54.4 Å². The summed E-state index contributed by atoms with van der Waals surface area (Å²) in [5.74, 6) is -1.04. The molecule has 1 saturated heterocycles. The van der Waals surface area contributed by atoms with E-state index in [1.807, 2.05) is 13.0 Å². The third-order valence-electron chi connectivity index (χ3n) is 9.07. The molecule has 0 spiro atoms. The molecular formula is C36H46F2N6O5SSi. The largest absolute Gasteiger partial charge is 0.481 e. The maximum atomic E-state index is 15.5. The van der Waals surface area contributed by atoms with Crippen LogP contribution in [0.5, 0.6) is 5.88 Å². The lowest BCUT2D eigenvalue weighted by Gasteiger charge is -2.38. The Kier molecular flexibility index (Phi) is 11.0. The molecule has 15 heteroatoms. The van der Waals surface area contributed by atoms with Gasteiger partial charge in [0.1, 0.15) is 35.1 Å². The number of thioether (sulfide) groups is 1. The van der Waals surface area contributed by atoms with E-state index >= 15 is 4.39 Å². The minimum absolute atomic E-state index is 0.000449. The molecule has 2 aromatic rings. The molecule has 2 aromatic heterocycles. The number of pyridine rings is 2. The van der Waals surface area contributed by atoms with Crippen LogP contribution >= 0.6 is 11.8 Å². The number of alkyl halides is 1. The highest BCUT2D eigenvalue weighted by Gasteiger charge is 2.72. The van der Waals surface area contributed by atoms with Crippen molar-refractivity contribution in [2.75, 3.05) is 33.5 Å². The summed E-state index contributed by atoms with van der Waals surface area (Å²) in [6.45, 7) is 14.4. The first-order valence-electron chi connectivity index (χ1n) is 17.0. The second kappa shape index (κ2) is 14.6. The average molecular weight is 741 g/mol. The Labute approximate surface area is 303 Å². The van der Waals surface area contributed by atoms with Crippen LogP contribution in [0.15, 0.2) is 35.6 Å². The molecule has 4 heterocycles. The molecule has 2 amide bonds. The molecule has 11 nitrogen and oxygen atoms in total. The number of aliphatic imine (C=N–C) groups is 1. The zero-order chi connectivity index (χ0) is 37.4. The minimum Gasteiger partial charge on any atom is -0.481 e. The highest BCUT2D eigenvalue weighted by atomic mass is 32.2. The molecular weight excluding hydrogens is 695 g/mol. The van der Waals surface area contributed by atoms with Crippen LogP contribution < -0.4 is 4.74 Å². The van der Waals surface area contributed by atoms with Crippen LogP contribution in [0.3, 0.4) is 0 Å². The summed E-state index contributed by atoms with van der Waals surface area (Å²) in [6.07, 6.45) is 2.86. The molecule has 4 atom stereocenters. The molecule has 2 fully saturated rings. The van der Waals surface area contributed by atoms with Gasteiger partial charge in [-0.05, 0) is 76.4 Å². The number of carbonyl (C=O) groups is 2. The van der Waals surface area contributed by atoms with Crippen molar-refractivity contribution < 1.29 is 32.6 Å². The van der Waals surface area contributed by atoms with E-state index in [0.717, 1.165) is 6.04 Å². The van der Waals surface area contributed by atoms with Crippen molar-refractivity contribution in [3.8, 4) is 11.9 Å². The summed E-state index contributed by atoms with van der Waals surface area (Å²) in [5, 5.41) is 9.31. The van der Waals surface area contributed by atoms with Gasteiger partial charge in [0.15, 0.2) is 5.17 Å². The highest BCUT2D eigenvalue weighted by Crippen LogP contribution is 2.68. The van der Waals surface area contributed by atoms with Gasteiger partial charge in [-0.25, -0.2) is 23.5 Å². The summed E-state index contributed by atoms with van der Waals surface area (Å²) >= 11 is 1.18. The molecule has 3 aliphatic rings. The van der Waals surface area contributed by atoms with Crippen LogP contribution in [0.25, 0.3) is 11.9 Å². The van der Waals surface area contributed by atoms with E-state index in [9.17, 15) is 14.0 Å². The van der Waals surface area contributed by atoms with Gasteiger partial charge in [-0.2, -0.15) is 5.26 Å². The van der Waals surface area contributed by atoms with Crippen molar-refractivity contribution in [2.45, 2.75) is 88.3 Å². The number of methoxy groups -OCH3 is 1. The van der Waals surface area contributed by atoms with Crippen LogP contribution in [0, 0.1) is 17.2 Å². The Bertz CT molecular complexity index is 1760. The van der Waals surface area contributed by atoms with Gasteiger partial charge in [0.2, 0.25) is 11.8 Å². The zero-order valence-corrected chi connectivity index (χ0v) is 32.3. The summed E-state index contributed by atoms with van der Waals surface area (Å²) in [5.41, 5.74) is -0.837. The van der Waals surface area contributed by atoms with Crippen molar-refractivity contribution in [1.82, 2.24) is 19.8 Å². The van der Waals surface area contributed by atoms with Crippen molar-refractivity contribution >= 4 is 48.9 Å². The molecule has 0 radical (unpaired) electrons. The third-order valence-corrected chi connectivity index (χ3v) is 12.3. The number of likely N-dealkylation sites (tertiary alicyclic amines) is 1. The van der Waals surface area contributed by atoms with E-state index in [-0.39, 0.29) is 42.3 Å². The Morgan fingerprint density at radius 3 is 2.57 bits per heavy atom. The Morgan fingerprint density at radius 1 is 1.24 bits per heavy atom. The number of halogens is 2. The first kappa shape index (κ1) is 38.4. The Morgan fingerprint density at radius 2 is 1.98 bits per heavy atom. The van der Waals surface area contributed by atoms with Crippen molar-refractivity contribution in [3.05, 3.63) is 53.0 Å². The Hall–Kier alpha value is -3.87. The van der Waals surface area contributed by atoms with Crippen LogP contribution in [0.4, 0.5) is 13.6 Å². The van der Waals surface area contributed by atoms with E-state index in [4.69, 9.17) is 24.5 Å². The molecule has 1 aliphatic carbocycles. The summed E-state index contributed by atoms with van der Waals surface area (Å²) in [6, 6.07) is 7.43. The van der Waals surface area contributed by atoms with E-state index < -0.39 is 48.0 Å². The lowest BCUT2D eigenvalue weighted by molar-refractivity contribution is -0.131. The molecule has 1 saturated carbocycles.